The van der Waals surface area contributed by atoms with Crippen molar-refractivity contribution in [1.29, 1.82) is 0 Å². The quantitative estimate of drug-likeness (QED) is 0.850. The molecule has 1 aliphatic rings. The van der Waals surface area contributed by atoms with Gasteiger partial charge in [0, 0.05) is 18.0 Å². The van der Waals surface area contributed by atoms with Gasteiger partial charge in [0.1, 0.15) is 5.82 Å². The molecule has 102 valence electrons. The summed E-state index contributed by atoms with van der Waals surface area (Å²) in [6.07, 6.45) is 0. The van der Waals surface area contributed by atoms with Gasteiger partial charge in [0.05, 0.1) is 11.0 Å². The van der Waals surface area contributed by atoms with Gasteiger partial charge >= 0.3 is 0 Å². The first kappa shape index (κ1) is 12.7. The smallest absolute Gasteiger partial charge is 0.115 e. The normalized spacial score (nSPS) is 24.2. The Morgan fingerprint density at radius 2 is 1.95 bits per heavy atom. The topological polar surface area (TPSA) is 29.9 Å². The van der Waals surface area contributed by atoms with Gasteiger partial charge in [-0.25, -0.2) is 4.98 Å². The summed E-state index contributed by atoms with van der Waals surface area (Å²) in [7, 11) is 0. The van der Waals surface area contributed by atoms with Crippen LogP contribution in [0.5, 0.6) is 0 Å². The Kier molecular flexibility index (Phi) is 2.90. The number of para-hydroxylation sites is 2. The van der Waals surface area contributed by atoms with Crippen molar-refractivity contribution in [1.82, 2.24) is 14.9 Å². The fourth-order valence-electron chi connectivity index (χ4n) is 3.15. The van der Waals surface area contributed by atoms with Crippen LogP contribution in [0.4, 0.5) is 0 Å². The molecule has 0 saturated carbocycles. The lowest BCUT2D eigenvalue weighted by Crippen LogP contribution is -2.27. The molecule has 1 aliphatic heterocycles. The highest BCUT2D eigenvalue weighted by Gasteiger charge is 2.32. The van der Waals surface area contributed by atoms with Crippen molar-refractivity contribution in [2.45, 2.75) is 39.2 Å². The van der Waals surface area contributed by atoms with Gasteiger partial charge in [0.25, 0.3) is 0 Å². The van der Waals surface area contributed by atoms with Crippen molar-refractivity contribution < 1.29 is 0 Å². The molecule has 2 heterocycles. The third-order valence-corrected chi connectivity index (χ3v) is 4.11. The van der Waals surface area contributed by atoms with Crippen molar-refractivity contribution in [2.24, 2.45) is 5.92 Å². The predicted octanol–water partition coefficient (Wildman–Crippen LogP) is 3.11. The summed E-state index contributed by atoms with van der Waals surface area (Å²) in [4.78, 5) is 4.93. The van der Waals surface area contributed by atoms with Crippen LogP contribution in [0.15, 0.2) is 24.3 Å². The van der Waals surface area contributed by atoms with E-state index in [1.165, 1.54) is 11.3 Å². The average molecular weight is 257 g/mol. The van der Waals surface area contributed by atoms with Crippen LogP contribution < -0.4 is 5.32 Å². The van der Waals surface area contributed by atoms with Crippen LogP contribution in [0.2, 0.25) is 0 Å². The van der Waals surface area contributed by atoms with Crippen LogP contribution in [0, 0.1) is 5.92 Å². The first-order valence-corrected chi connectivity index (χ1v) is 7.17. The summed E-state index contributed by atoms with van der Waals surface area (Å²) in [6, 6.07) is 8.48. The second-order valence-electron chi connectivity index (χ2n) is 6.71. The van der Waals surface area contributed by atoms with Gasteiger partial charge in [-0.3, -0.25) is 0 Å². The first-order chi connectivity index (χ1) is 8.98. The summed E-state index contributed by atoms with van der Waals surface area (Å²) >= 11 is 0. The Balaban J connectivity index is 2.23. The van der Waals surface area contributed by atoms with E-state index in [2.05, 4.69) is 61.8 Å². The Bertz CT molecular complexity index is 592. The minimum Gasteiger partial charge on any atom is -0.322 e. The summed E-state index contributed by atoms with van der Waals surface area (Å²) in [5.74, 6) is 2.41. The Hall–Kier alpha value is -1.35. The molecule has 2 atom stereocenters. The molecule has 1 saturated heterocycles. The van der Waals surface area contributed by atoms with Crippen molar-refractivity contribution in [2.75, 3.05) is 13.1 Å². The zero-order valence-corrected chi connectivity index (χ0v) is 12.3. The van der Waals surface area contributed by atoms with E-state index in [9.17, 15) is 0 Å². The van der Waals surface area contributed by atoms with E-state index in [-0.39, 0.29) is 5.54 Å². The number of benzene rings is 1. The van der Waals surface area contributed by atoms with Gasteiger partial charge in [-0.05, 0) is 45.4 Å². The van der Waals surface area contributed by atoms with Crippen LogP contribution >= 0.6 is 0 Å². The fraction of sp³-hybridized carbons (Fsp3) is 0.562. The van der Waals surface area contributed by atoms with Crippen molar-refractivity contribution in [3.05, 3.63) is 30.1 Å². The summed E-state index contributed by atoms with van der Waals surface area (Å²) in [5.41, 5.74) is 2.43. The van der Waals surface area contributed by atoms with E-state index in [1.807, 2.05) is 0 Å². The highest BCUT2D eigenvalue weighted by atomic mass is 15.1. The fourth-order valence-corrected chi connectivity index (χ4v) is 3.15. The van der Waals surface area contributed by atoms with Crippen LogP contribution in [0.25, 0.3) is 11.0 Å². The van der Waals surface area contributed by atoms with Gasteiger partial charge in [0.2, 0.25) is 0 Å². The number of nitrogens with zero attached hydrogens (tertiary/aromatic N) is 2. The third kappa shape index (κ3) is 2.06. The highest BCUT2D eigenvalue weighted by Crippen LogP contribution is 2.33. The van der Waals surface area contributed by atoms with Crippen molar-refractivity contribution >= 4 is 11.0 Å². The molecular formula is C16H23N3. The molecule has 0 bridgehead atoms. The van der Waals surface area contributed by atoms with Crippen LogP contribution in [0.1, 0.15) is 39.4 Å². The maximum atomic E-state index is 4.93. The van der Waals surface area contributed by atoms with Crippen LogP contribution in [-0.4, -0.2) is 22.6 Å². The Morgan fingerprint density at radius 3 is 2.58 bits per heavy atom. The first-order valence-electron chi connectivity index (χ1n) is 7.17. The van der Waals surface area contributed by atoms with Crippen molar-refractivity contribution in [3.8, 4) is 0 Å². The van der Waals surface area contributed by atoms with Gasteiger partial charge in [-0.1, -0.05) is 19.1 Å². The summed E-state index contributed by atoms with van der Waals surface area (Å²) < 4.78 is 2.43. The molecule has 1 N–H and O–H groups in total. The maximum Gasteiger partial charge on any atom is 0.115 e. The predicted molar refractivity (Wildman–Crippen MR) is 79.5 cm³/mol. The number of nitrogens with one attached hydrogen (secondary N) is 1. The van der Waals surface area contributed by atoms with E-state index >= 15 is 0 Å². The molecule has 0 spiro atoms. The molecule has 3 rings (SSSR count). The van der Waals surface area contributed by atoms with Gasteiger partial charge in [-0.2, -0.15) is 0 Å². The number of rotatable bonds is 1. The van der Waals surface area contributed by atoms with Crippen LogP contribution in [-0.2, 0) is 5.54 Å². The molecule has 3 nitrogen and oxygen atoms in total. The number of hydrogen-bond donors (Lipinski definition) is 1. The molecule has 0 radical (unpaired) electrons. The summed E-state index contributed by atoms with van der Waals surface area (Å²) in [5, 5.41) is 3.49. The molecule has 1 aromatic carbocycles. The molecule has 1 fully saturated rings. The standard InChI is InChI=1S/C16H23N3/c1-11-9-17-10-12(11)15-18-13-7-5-6-8-14(13)19(15)16(2,3)4/h5-8,11-12,17H,9-10H2,1-4H3. The molecule has 19 heavy (non-hydrogen) atoms. The second-order valence-corrected chi connectivity index (χ2v) is 6.71. The van der Waals surface area contributed by atoms with E-state index in [4.69, 9.17) is 4.98 Å². The third-order valence-electron chi connectivity index (χ3n) is 4.11. The Morgan fingerprint density at radius 1 is 1.21 bits per heavy atom. The van der Waals surface area contributed by atoms with Gasteiger partial charge in [0.15, 0.2) is 0 Å². The SMILES string of the molecule is CC1CNCC1c1nc2ccccc2n1C(C)(C)C. The molecule has 3 heteroatoms. The zero-order valence-electron chi connectivity index (χ0n) is 12.3. The number of aromatic nitrogens is 2. The van der Waals surface area contributed by atoms with E-state index in [0.717, 1.165) is 18.6 Å². The zero-order chi connectivity index (χ0) is 13.6. The molecule has 0 amide bonds. The van der Waals surface area contributed by atoms with Gasteiger partial charge in [-0.15, -0.1) is 0 Å². The van der Waals surface area contributed by atoms with Crippen LogP contribution in [0.3, 0.4) is 0 Å². The van der Waals surface area contributed by atoms with E-state index in [0.29, 0.717) is 11.8 Å². The number of hydrogen-bond acceptors (Lipinski definition) is 2. The second kappa shape index (κ2) is 4.34. The molecule has 2 aromatic rings. The average Bonchev–Trinajstić information content (AvgIpc) is 2.90. The number of imidazole rings is 1. The minimum atomic E-state index is 0.0632. The lowest BCUT2D eigenvalue weighted by atomic mass is 9.96. The van der Waals surface area contributed by atoms with Crippen molar-refractivity contribution in [3.63, 3.8) is 0 Å². The molecular weight excluding hydrogens is 234 g/mol. The van der Waals surface area contributed by atoms with E-state index in [1.54, 1.807) is 0 Å². The van der Waals surface area contributed by atoms with Gasteiger partial charge < -0.3 is 9.88 Å². The summed E-state index contributed by atoms with van der Waals surface area (Å²) in [6.45, 7) is 11.2. The molecule has 2 unspecified atom stereocenters. The Labute approximate surface area is 115 Å². The molecule has 0 aliphatic carbocycles. The monoisotopic (exact) mass is 257 g/mol. The lowest BCUT2D eigenvalue weighted by Gasteiger charge is -2.27. The number of fused-ring (bicyclic) bond motifs is 1. The largest absolute Gasteiger partial charge is 0.322 e. The lowest BCUT2D eigenvalue weighted by molar-refractivity contribution is 0.374. The minimum absolute atomic E-state index is 0.0632. The molecule has 1 aromatic heterocycles. The maximum absolute atomic E-state index is 4.93. The van der Waals surface area contributed by atoms with E-state index < -0.39 is 0 Å². The highest BCUT2D eigenvalue weighted by molar-refractivity contribution is 5.76.